The topological polar surface area (TPSA) is 51.2 Å². The number of rotatable bonds is 3. The molecule has 1 aromatic rings. The van der Waals surface area contributed by atoms with Gasteiger partial charge in [0.05, 0.1) is 12.5 Å². The first-order valence-electron chi connectivity index (χ1n) is 7.82. The van der Waals surface area contributed by atoms with Crippen molar-refractivity contribution in [3.8, 4) is 0 Å². The summed E-state index contributed by atoms with van der Waals surface area (Å²) >= 11 is 0. The molecule has 0 saturated carbocycles. The minimum atomic E-state index is -0.0674. The van der Waals surface area contributed by atoms with Crippen LogP contribution in [0.1, 0.15) is 51.8 Å². The molecule has 1 aliphatic rings. The zero-order valence-corrected chi connectivity index (χ0v) is 13.5. The molecule has 116 valence electrons. The standard InChI is InChI=1S/C17H26N2O2/c1-5-21-16(20)13-7-6-8-14-12(11-13)9-10-15(18-14)19-17(2,3)4/h9-10,13H,5-8,11H2,1-4H3,(H,18,19). The molecule has 1 aromatic heterocycles. The lowest BCUT2D eigenvalue weighted by atomic mass is 9.98. The fourth-order valence-electron chi connectivity index (χ4n) is 2.73. The molecule has 1 atom stereocenters. The number of pyridine rings is 1. The molecule has 0 fully saturated rings. The van der Waals surface area contributed by atoms with E-state index in [0.717, 1.165) is 37.2 Å². The first-order valence-corrected chi connectivity index (χ1v) is 7.82. The van der Waals surface area contributed by atoms with E-state index in [2.05, 4.69) is 32.2 Å². The highest BCUT2D eigenvalue weighted by molar-refractivity contribution is 5.73. The summed E-state index contributed by atoms with van der Waals surface area (Å²) in [5.74, 6) is 0.826. The third-order valence-electron chi connectivity index (χ3n) is 3.62. The van der Waals surface area contributed by atoms with Gasteiger partial charge < -0.3 is 10.1 Å². The van der Waals surface area contributed by atoms with Crippen molar-refractivity contribution in [2.45, 2.75) is 58.9 Å². The minimum absolute atomic E-state index is 0.000562. The summed E-state index contributed by atoms with van der Waals surface area (Å²) in [6.45, 7) is 8.68. The summed E-state index contributed by atoms with van der Waals surface area (Å²) in [5, 5.41) is 3.40. The van der Waals surface area contributed by atoms with Crippen LogP contribution in [0.3, 0.4) is 0 Å². The smallest absolute Gasteiger partial charge is 0.309 e. The number of carbonyl (C=O) groups excluding carboxylic acids is 1. The molecule has 1 unspecified atom stereocenters. The number of hydrogen-bond acceptors (Lipinski definition) is 4. The van der Waals surface area contributed by atoms with Crippen LogP contribution < -0.4 is 5.32 Å². The van der Waals surface area contributed by atoms with Gasteiger partial charge in [0.15, 0.2) is 0 Å². The third kappa shape index (κ3) is 4.45. The third-order valence-corrected chi connectivity index (χ3v) is 3.62. The lowest BCUT2D eigenvalue weighted by Crippen LogP contribution is -2.27. The molecule has 0 spiro atoms. The van der Waals surface area contributed by atoms with Crippen molar-refractivity contribution < 1.29 is 9.53 Å². The number of nitrogens with zero attached hydrogens (tertiary/aromatic N) is 1. The van der Waals surface area contributed by atoms with Crippen molar-refractivity contribution in [2.75, 3.05) is 11.9 Å². The van der Waals surface area contributed by atoms with Gasteiger partial charge in [-0.05, 0) is 65.0 Å². The number of aromatic nitrogens is 1. The first-order chi connectivity index (χ1) is 9.89. The Hall–Kier alpha value is -1.58. The Morgan fingerprint density at radius 3 is 2.86 bits per heavy atom. The van der Waals surface area contributed by atoms with Crippen molar-refractivity contribution in [2.24, 2.45) is 5.92 Å². The lowest BCUT2D eigenvalue weighted by Gasteiger charge is -2.22. The number of anilines is 1. The van der Waals surface area contributed by atoms with Crippen LogP contribution in [-0.2, 0) is 22.4 Å². The first kappa shape index (κ1) is 15.8. The van der Waals surface area contributed by atoms with Crippen LogP contribution in [0.25, 0.3) is 0 Å². The van der Waals surface area contributed by atoms with E-state index < -0.39 is 0 Å². The summed E-state index contributed by atoms with van der Waals surface area (Å²) in [4.78, 5) is 16.7. The monoisotopic (exact) mass is 290 g/mol. The van der Waals surface area contributed by atoms with Gasteiger partial charge in [-0.25, -0.2) is 4.98 Å². The average molecular weight is 290 g/mol. The summed E-state index contributed by atoms with van der Waals surface area (Å²) in [6, 6.07) is 4.12. The van der Waals surface area contributed by atoms with Crippen LogP contribution in [-0.4, -0.2) is 23.1 Å². The van der Waals surface area contributed by atoms with Gasteiger partial charge in [-0.15, -0.1) is 0 Å². The minimum Gasteiger partial charge on any atom is -0.466 e. The Morgan fingerprint density at radius 1 is 1.43 bits per heavy atom. The van der Waals surface area contributed by atoms with Crippen molar-refractivity contribution in [3.63, 3.8) is 0 Å². The number of nitrogens with one attached hydrogen (secondary N) is 1. The van der Waals surface area contributed by atoms with E-state index in [1.807, 2.05) is 13.0 Å². The van der Waals surface area contributed by atoms with Crippen molar-refractivity contribution >= 4 is 11.8 Å². The van der Waals surface area contributed by atoms with Gasteiger partial charge in [0.1, 0.15) is 5.82 Å². The molecule has 0 radical (unpaired) electrons. The van der Waals surface area contributed by atoms with Crippen molar-refractivity contribution in [1.29, 1.82) is 0 Å². The molecule has 4 nitrogen and oxygen atoms in total. The quantitative estimate of drug-likeness (QED) is 0.685. The van der Waals surface area contributed by atoms with E-state index in [-0.39, 0.29) is 17.4 Å². The zero-order chi connectivity index (χ0) is 15.5. The molecule has 2 rings (SSSR count). The van der Waals surface area contributed by atoms with Crippen LogP contribution >= 0.6 is 0 Å². The van der Waals surface area contributed by atoms with Gasteiger partial charge in [-0.2, -0.15) is 0 Å². The fraction of sp³-hybridized carbons (Fsp3) is 0.647. The summed E-state index contributed by atoms with van der Waals surface area (Å²) in [5.41, 5.74) is 2.31. The highest BCUT2D eigenvalue weighted by Crippen LogP contribution is 2.26. The Kier molecular flexibility index (Phi) is 4.86. The molecule has 0 amide bonds. The van der Waals surface area contributed by atoms with Gasteiger partial charge in [0.25, 0.3) is 0 Å². The van der Waals surface area contributed by atoms with Gasteiger partial charge in [-0.1, -0.05) is 6.07 Å². The van der Waals surface area contributed by atoms with Gasteiger partial charge in [0.2, 0.25) is 0 Å². The zero-order valence-electron chi connectivity index (χ0n) is 13.5. The van der Waals surface area contributed by atoms with Crippen LogP contribution in [0.15, 0.2) is 12.1 Å². The molecule has 0 bridgehead atoms. The van der Waals surface area contributed by atoms with E-state index in [0.29, 0.717) is 6.61 Å². The van der Waals surface area contributed by atoms with Crippen LogP contribution in [0, 0.1) is 5.92 Å². The van der Waals surface area contributed by atoms with E-state index in [9.17, 15) is 4.79 Å². The van der Waals surface area contributed by atoms with Gasteiger partial charge in [-0.3, -0.25) is 4.79 Å². The predicted molar refractivity (Wildman–Crippen MR) is 84.4 cm³/mol. The number of hydrogen-bond donors (Lipinski definition) is 1. The summed E-state index contributed by atoms with van der Waals surface area (Å²) < 4.78 is 5.17. The van der Waals surface area contributed by atoms with Crippen molar-refractivity contribution in [3.05, 3.63) is 23.4 Å². The maximum Gasteiger partial charge on any atom is 0.309 e. The Morgan fingerprint density at radius 2 is 2.19 bits per heavy atom. The van der Waals surface area contributed by atoms with E-state index >= 15 is 0 Å². The SMILES string of the molecule is CCOC(=O)C1CCCc2nc(NC(C)(C)C)ccc2C1. The molecule has 21 heavy (non-hydrogen) atoms. The Balaban J connectivity index is 2.15. The lowest BCUT2D eigenvalue weighted by molar-refractivity contribution is -0.148. The molecule has 0 saturated heterocycles. The number of aryl methyl sites for hydroxylation is 1. The normalized spacial score (nSPS) is 18.6. The average Bonchev–Trinajstić information content (AvgIpc) is 2.59. The number of ether oxygens (including phenoxy) is 1. The highest BCUT2D eigenvalue weighted by Gasteiger charge is 2.25. The second-order valence-electron chi connectivity index (χ2n) is 6.72. The fourth-order valence-corrected chi connectivity index (χ4v) is 2.73. The second-order valence-corrected chi connectivity index (χ2v) is 6.72. The van der Waals surface area contributed by atoms with Crippen LogP contribution in [0.5, 0.6) is 0 Å². The largest absolute Gasteiger partial charge is 0.466 e. The Labute approximate surface area is 127 Å². The summed E-state index contributed by atoms with van der Waals surface area (Å²) in [7, 11) is 0. The van der Waals surface area contributed by atoms with Gasteiger partial charge in [0, 0.05) is 11.2 Å². The van der Waals surface area contributed by atoms with E-state index in [4.69, 9.17) is 9.72 Å². The molecule has 4 heteroatoms. The molecule has 1 heterocycles. The maximum atomic E-state index is 12.0. The predicted octanol–water partition coefficient (Wildman–Crippen LogP) is 3.35. The summed E-state index contributed by atoms with van der Waals surface area (Å²) in [6.07, 6.45) is 3.56. The molecule has 0 aromatic carbocycles. The maximum absolute atomic E-state index is 12.0. The second kappa shape index (κ2) is 6.46. The molecule has 1 N–H and O–H groups in total. The molecular weight excluding hydrogens is 264 g/mol. The number of fused-ring (bicyclic) bond motifs is 1. The Bertz CT molecular complexity index is 506. The highest BCUT2D eigenvalue weighted by atomic mass is 16.5. The van der Waals surface area contributed by atoms with E-state index in [1.54, 1.807) is 0 Å². The van der Waals surface area contributed by atoms with Crippen LogP contribution in [0.2, 0.25) is 0 Å². The number of carbonyl (C=O) groups is 1. The molecular formula is C17H26N2O2. The van der Waals surface area contributed by atoms with Crippen molar-refractivity contribution in [1.82, 2.24) is 4.98 Å². The van der Waals surface area contributed by atoms with Gasteiger partial charge >= 0.3 is 5.97 Å². The van der Waals surface area contributed by atoms with Crippen LogP contribution in [0.4, 0.5) is 5.82 Å². The molecule has 1 aliphatic carbocycles. The number of esters is 1. The van der Waals surface area contributed by atoms with E-state index in [1.165, 1.54) is 5.56 Å². The molecule has 0 aliphatic heterocycles.